The number of carbonyl (C=O) groups is 1. The van der Waals surface area contributed by atoms with Crippen LogP contribution in [0, 0.1) is 0 Å². The third-order valence-corrected chi connectivity index (χ3v) is 2.56. The van der Waals surface area contributed by atoms with E-state index in [1.807, 2.05) is 12.5 Å². The first-order valence-electron chi connectivity index (χ1n) is 4.92. The number of hydrogen-bond acceptors (Lipinski definition) is 4. The summed E-state index contributed by atoms with van der Waals surface area (Å²) in [5, 5.41) is 3.32. The fraction of sp³-hybridized carbons (Fsp3) is 0.556. The molecule has 15 heavy (non-hydrogen) atoms. The number of aromatic nitrogens is 2. The lowest BCUT2D eigenvalue weighted by Gasteiger charge is -2.10. The number of hydroxylamine groups is 1. The first-order valence-corrected chi connectivity index (χ1v) is 4.92. The molecule has 0 aromatic carbocycles. The van der Waals surface area contributed by atoms with Gasteiger partial charge in [0.2, 0.25) is 6.41 Å². The maximum absolute atomic E-state index is 9.96. The van der Waals surface area contributed by atoms with Crippen LogP contribution >= 0.6 is 0 Å². The Morgan fingerprint density at radius 3 is 3.40 bits per heavy atom. The molecule has 82 valence electrons. The van der Waals surface area contributed by atoms with Crippen molar-refractivity contribution >= 4 is 6.41 Å². The summed E-state index contributed by atoms with van der Waals surface area (Å²) in [5.74, 6) is 0. The van der Waals surface area contributed by atoms with Crippen molar-refractivity contribution in [2.75, 3.05) is 13.2 Å². The molecule has 0 unspecified atom stereocenters. The number of nitrogens with one attached hydrogen (secondary N) is 2. The van der Waals surface area contributed by atoms with E-state index in [4.69, 9.17) is 4.84 Å². The molecule has 2 heterocycles. The monoisotopic (exact) mass is 210 g/mol. The zero-order valence-electron chi connectivity index (χ0n) is 8.30. The standard InChI is InChI=1S/C9H14N4O2/c14-7-12-15-5-8-3-9(4-11-8)13-2-1-10-6-13/h1-2,6-9,11H,3-5H2,(H,12,14)/t8-,9+/m1/s1. The summed E-state index contributed by atoms with van der Waals surface area (Å²) in [6, 6.07) is 0.710. The highest BCUT2D eigenvalue weighted by molar-refractivity contribution is 5.43. The van der Waals surface area contributed by atoms with Crippen LogP contribution in [-0.2, 0) is 9.63 Å². The molecule has 0 spiro atoms. The van der Waals surface area contributed by atoms with Crippen LogP contribution in [0.5, 0.6) is 0 Å². The summed E-state index contributed by atoms with van der Waals surface area (Å²) in [6.45, 7) is 1.40. The molecule has 1 fully saturated rings. The van der Waals surface area contributed by atoms with Crippen LogP contribution in [0.15, 0.2) is 18.7 Å². The van der Waals surface area contributed by atoms with Crippen LogP contribution in [0.3, 0.4) is 0 Å². The van der Waals surface area contributed by atoms with Crippen molar-refractivity contribution in [3.05, 3.63) is 18.7 Å². The lowest BCUT2D eigenvalue weighted by molar-refractivity contribution is -0.121. The summed E-state index contributed by atoms with van der Waals surface area (Å²) >= 11 is 0. The van der Waals surface area contributed by atoms with E-state index < -0.39 is 0 Å². The molecule has 1 aromatic rings. The van der Waals surface area contributed by atoms with Gasteiger partial charge in [-0.05, 0) is 6.42 Å². The van der Waals surface area contributed by atoms with E-state index >= 15 is 0 Å². The van der Waals surface area contributed by atoms with Crippen LogP contribution in [0.1, 0.15) is 12.5 Å². The van der Waals surface area contributed by atoms with Gasteiger partial charge in [-0.1, -0.05) is 0 Å². The van der Waals surface area contributed by atoms with Gasteiger partial charge in [-0.2, -0.15) is 0 Å². The molecule has 2 rings (SSSR count). The molecule has 0 saturated carbocycles. The molecule has 0 bridgehead atoms. The molecular formula is C9H14N4O2. The molecule has 1 aliphatic rings. The van der Waals surface area contributed by atoms with Crippen LogP contribution in [0.2, 0.25) is 0 Å². The summed E-state index contributed by atoms with van der Waals surface area (Å²) in [6.07, 6.45) is 7.06. The number of imidazole rings is 1. The highest BCUT2D eigenvalue weighted by Gasteiger charge is 2.24. The number of nitrogens with zero attached hydrogens (tertiary/aromatic N) is 2. The van der Waals surface area contributed by atoms with Crippen molar-refractivity contribution in [1.82, 2.24) is 20.3 Å². The number of hydrogen-bond donors (Lipinski definition) is 2. The first kappa shape index (κ1) is 10.1. The predicted octanol–water partition coefficient (Wildman–Crippen LogP) is -0.536. The second-order valence-electron chi connectivity index (χ2n) is 3.55. The number of amides is 1. The van der Waals surface area contributed by atoms with Crippen molar-refractivity contribution in [3.8, 4) is 0 Å². The Bertz CT molecular complexity index is 301. The van der Waals surface area contributed by atoms with E-state index in [1.165, 1.54) is 0 Å². The Morgan fingerprint density at radius 2 is 2.67 bits per heavy atom. The van der Waals surface area contributed by atoms with E-state index in [9.17, 15) is 4.79 Å². The zero-order chi connectivity index (χ0) is 10.5. The van der Waals surface area contributed by atoms with Crippen LogP contribution in [0.4, 0.5) is 0 Å². The maximum atomic E-state index is 9.96. The molecule has 2 N–H and O–H groups in total. The molecular weight excluding hydrogens is 196 g/mol. The first-order chi connectivity index (χ1) is 7.40. The summed E-state index contributed by atoms with van der Waals surface area (Å²) < 4.78 is 2.08. The second kappa shape index (κ2) is 4.90. The minimum atomic E-state index is 0.282. The van der Waals surface area contributed by atoms with Gasteiger partial charge in [0, 0.05) is 31.0 Å². The normalized spacial score (nSPS) is 25.3. The van der Waals surface area contributed by atoms with Gasteiger partial charge in [0.05, 0.1) is 12.9 Å². The molecule has 1 saturated heterocycles. The van der Waals surface area contributed by atoms with Gasteiger partial charge in [-0.15, -0.1) is 0 Å². The molecule has 0 aliphatic carbocycles. The average molecular weight is 210 g/mol. The van der Waals surface area contributed by atoms with Gasteiger partial charge in [0.25, 0.3) is 0 Å². The largest absolute Gasteiger partial charge is 0.333 e. The van der Waals surface area contributed by atoms with Gasteiger partial charge in [0.15, 0.2) is 0 Å². The van der Waals surface area contributed by atoms with Crippen LogP contribution < -0.4 is 10.8 Å². The van der Waals surface area contributed by atoms with Gasteiger partial charge < -0.3 is 9.88 Å². The Kier molecular flexibility index (Phi) is 3.31. The van der Waals surface area contributed by atoms with E-state index in [1.54, 1.807) is 6.20 Å². The molecule has 6 nitrogen and oxygen atoms in total. The average Bonchev–Trinajstić information content (AvgIpc) is 2.87. The highest BCUT2D eigenvalue weighted by Crippen LogP contribution is 2.18. The molecule has 6 heteroatoms. The van der Waals surface area contributed by atoms with Crippen molar-refractivity contribution in [1.29, 1.82) is 0 Å². The third kappa shape index (κ3) is 2.54. The van der Waals surface area contributed by atoms with Gasteiger partial charge in [-0.25, -0.2) is 10.5 Å². The Hall–Kier alpha value is -1.40. The summed E-state index contributed by atoms with van der Waals surface area (Å²) in [4.78, 5) is 18.9. The minimum Gasteiger partial charge on any atom is -0.333 e. The Balaban J connectivity index is 1.77. The number of carbonyl (C=O) groups excluding carboxylic acids is 1. The van der Waals surface area contributed by atoms with Crippen LogP contribution in [-0.4, -0.2) is 35.2 Å². The Morgan fingerprint density at radius 1 is 1.73 bits per heavy atom. The van der Waals surface area contributed by atoms with Crippen molar-refractivity contribution < 1.29 is 9.63 Å². The quantitative estimate of drug-likeness (QED) is 0.389. The fourth-order valence-electron chi connectivity index (χ4n) is 1.82. The van der Waals surface area contributed by atoms with E-state index in [0.717, 1.165) is 13.0 Å². The lowest BCUT2D eigenvalue weighted by Crippen LogP contribution is -2.29. The van der Waals surface area contributed by atoms with Crippen molar-refractivity contribution in [2.45, 2.75) is 18.5 Å². The van der Waals surface area contributed by atoms with Crippen molar-refractivity contribution in [2.24, 2.45) is 0 Å². The minimum absolute atomic E-state index is 0.282. The van der Waals surface area contributed by atoms with Crippen LogP contribution in [0.25, 0.3) is 0 Å². The molecule has 1 aromatic heterocycles. The lowest BCUT2D eigenvalue weighted by atomic mass is 10.2. The van der Waals surface area contributed by atoms with E-state index in [-0.39, 0.29) is 6.04 Å². The summed E-state index contributed by atoms with van der Waals surface area (Å²) in [7, 11) is 0. The predicted molar refractivity (Wildman–Crippen MR) is 52.8 cm³/mol. The third-order valence-electron chi connectivity index (χ3n) is 2.56. The zero-order valence-corrected chi connectivity index (χ0v) is 8.30. The SMILES string of the molecule is O=CNOC[C@H]1C[C@H](n2ccnc2)CN1. The van der Waals surface area contributed by atoms with E-state index in [2.05, 4.69) is 20.3 Å². The smallest absolute Gasteiger partial charge is 0.230 e. The van der Waals surface area contributed by atoms with Crippen molar-refractivity contribution in [3.63, 3.8) is 0 Å². The molecule has 2 atom stereocenters. The fourth-order valence-corrected chi connectivity index (χ4v) is 1.82. The number of rotatable bonds is 5. The summed E-state index contributed by atoms with van der Waals surface area (Å²) in [5.41, 5.74) is 2.19. The maximum Gasteiger partial charge on any atom is 0.230 e. The topological polar surface area (TPSA) is 68.2 Å². The van der Waals surface area contributed by atoms with Gasteiger partial charge in [0.1, 0.15) is 0 Å². The Labute approximate surface area is 87.6 Å². The van der Waals surface area contributed by atoms with Gasteiger partial charge >= 0.3 is 0 Å². The van der Waals surface area contributed by atoms with E-state index in [0.29, 0.717) is 19.1 Å². The second-order valence-corrected chi connectivity index (χ2v) is 3.55. The molecule has 0 radical (unpaired) electrons. The van der Waals surface area contributed by atoms with Gasteiger partial charge in [-0.3, -0.25) is 9.63 Å². The molecule has 1 aliphatic heterocycles. The molecule has 1 amide bonds. The highest BCUT2D eigenvalue weighted by atomic mass is 16.6.